The van der Waals surface area contributed by atoms with Crippen LogP contribution in [-0.4, -0.2) is 30.6 Å². The van der Waals surface area contributed by atoms with Crippen LogP contribution in [0.4, 0.5) is 0 Å². The largest absolute Gasteiger partial charge is 0.311 e. The van der Waals surface area contributed by atoms with Crippen molar-refractivity contribution >= 4 is 0 Å². The van der Waals surface area contributed by atoms with Gasteiger partial charge < -0.3 is 5.32 Å². The van der Waals surface area contributed by atoms with E-state index in [1.54, 1.807) is 0 Å². The fraction of sp³-hybridized carbons (Fsp3) is 0.625. The number of hydrogen-bond acceptors (Lipinski definition) is 2. The number of piperazine rings is 1. The van der Waals surface area contributed by atoms with Crippen molar-refractivity contribution in [3.8, 4) is 0 Å². The number of aryl methyl sites for hydroxylation is 1. The normalized spacial score (nSPS) is 22.1. The Morgan fingerprint density at radius 1 is 1.22 bits per heavy atom. The van der Waals surface area contributed by atoms with E-state index in [1.165, 1.54) is 11.1 Å². The van der Waals surface area contributed by atoms with E-state index < -0.39 is 0 Å². The predicted molar refractivity (Wildman–Crippen MR) is 77.7 cm³/mol. The number of hydrogen-bond donors (Lipinski definition) is 1. The van der Waals surface area contributed by atoms with Crippen molar-refractivity contribution < 1.29 is 0 Å². The quantitative estimate of drug-likeness (QED) is 0.863. The molecule has 1 saturated heterocycles. The Kier molecular flexibility index (Phi) is 4.08. The Morgan fingerprint density at radius 3 is 2.50 bits per heavy atom. The van der Waals surface area contributed by atoms with Crippen LogP contribution in [0, 0.1) is 12.3 Å². The Labute approximate surface area is 111 Å². The summed E-state index contributed by atoms with van der Waals surface area (Å²) in [5, 5.41) is 3.64. The maximum absolute atomic E-state index is 3.64. The van der Waals surface area contributed by atoms with E-state index in [4.69, 9.17) is 0 Å². The van der Waals surface area contributed by atoms with E-state index >= 15 is 0 Å². The smallest absolute Gasteiger partial charge is 0.0244 e. The molecule has 1 aliphatic rings. The zero-order valence-electron chi connectivity index (χ0n) is 12.2. The van der Waals surface area contributed by atoms with E-state index in [0.717, 1.165) is 26.2 Å². The van der Waals surface area contributed by atoms with Crippen LogP contribution in [-0.2, 0) is 6.54 Å². The Morgan fingerprint density at radius 2 is 1.89 bits per heavy atom. The molecule has 18 heavy (non-hydrogen) atoms. The highest BCUT2D eigenvalue weighted by molar-refractivity contribution is 5.21. The van der Waals surface area contributed by atoms with Gasteiger partial charge in [-0.1, -0.05) is 50.6 Å². The minimum Gasteiger partial charge on any atom is -0.311 e. The van der Waals surface area contributed by atoms with Gasteiger partial charge in [0.1, 0.15) is 0 Å². The summed E-state index contributed by atoms with van der Waals surface area (Å²) in [5.74, 6) is 0. The van der Waals surface area contributed by atoms with Gasteiger partial charge in [0.15, 0.2) is 0 Å². The summed E-state index contributed by atoms with van der Waals surface area (Å²) in [4.78, 5) is 2.57. The molecular formula is C16H26N2. The highest BCUT2D eigenvalue weighted by Crippen LogP contribution is 2.22. The molecule has 0 spiro atoms. The highest BCUT2D eigenvalue weighted by atomic mass is 15.2. The molecule has 1 N–H and O–H groups in total. The van der Waals surface area contributed by atoms with Gasteiger partial charge in [-0.05, 0) is 17.9 Å². The lowest BCUT2D eigenvalue weighted by molar-refractivity contribution is 0.129. The first kappa shape index (κ1) is 13.6. The molecule has 0 bridgehead atoms. The van der Waals surface area contributed by atoms with Crippen LogP contribution < -0.4 is 5.32 Å². The minimum atomic E-state index is 0.339. The first-order valence-corrected chi connectivity index (χ1v) is 6.96. The van der Waals surface area contributed by atoms with Crippen LogP contribution in [0.2, 0.25) is 0 Å². The van der Waals surface area contributed by atoms with Crippen molar-refractivity contribution in [2.24, 2.45) is 5.41 Å². The third-order valence-electron chi connectivity index (χ3n) is 3.83. The molecule has 1 heterocycles. The average molecular weight is 246 g/mol. The lowest BCUT2D eigenvalue weighted by Gasteiger charge is -2.40. The highest BCUT2D eigenvalue weighted by Gasteiger charge is 2.28. The minimum absolute atomic E-state index is 0.339. The van der Waals surface area contributed by atoms with Gasteiger partial charge in [-0.3, -0.25) is 4.90 Å². The molecule has 0 saturated carbocycles. The van der Waals surface area contributed by atoms with Gasteiger partial charge in [-0.15, -0.1) is 0 Å². The average Bonchev–Trinajstić information content (AvgIpc) is 2.31. The van der Waals surface area contributed by atoms with Crippen molar-refractivity contribution in [2.45, 2.75) is 40.3 Å². The van der Waals surface area contributed by atoms with Crippen LogP contribution in [0.15, 0.2) is 24.3 Å². The number of nitrogens with zero attached hydrogens (tertiary/aromatic N) is 1. The summed E-state index contributed by atoms with van der Waals surface area (Å²) in [6.45, 7) is 13.6. The van der Waals surface area contributed by atoms with E-state index in [9.17, 15) is 0 Å². The molecule has 2 rings (SSSR count). The first-order chi connectivity index (χ1) is 8.45. The van der Waals surface area contributed by atoms with Crippen LogP contribution in [0.1, 0.15) is 31.9 Å². The lowest BCUT2D eigenvalue weighted by Crippen LogP contribution is -2.55. The van der Waals surface area contributed by atoms with E-state index in [-0.39, 0.29) is 0 Å². The van der Waals surface area contributed by atoms with E-state index in [0.29, 0.717) is 11.5 Å². The van der Waals surface area contributed by atoms with Crippen LogP contribution in [0.3, 0.4) is 0 Å². The third kappa shape index (κ3) is 3.56. The molecule has 1 aromatic rings. The van der Waals surface area contributed by atoms with Gasteiger partial charge in [0.2, 0.25) is 0 Å². The Hall–Kier alpha value is -0.860. The number of nitrogens with one attached hydrogen (secondary N) is 1. The van der Waals surface area contributed by atoms with Gasteiger partial charge in [-0.2, -0.15) is 0 Å². The molecule has 100 valence electrons. The molecule has 2 nitrogen and oxygen atoms in total. The molecule has 1 fully saturated rings. The third-order valence-corrected chi connectivity index (χ3v) is 3.83. The summed E-state index contributed by atoms with van der Waals surface area (Å²) in [5.41, 5.74) is 3.10. The molecule has 1 aliphatic heterocycles. The predicted octanol–water partition coefficient (Wildman–Crippen LogP) is 2.81. The fourth-order valence-corrected chi connectivity index (χ4v) is 2.49. The van der Waals surface area contributed by atoms with Crippen molar-refractivity contribution in [3.63, 3.8) is 0 Å². The molecule has 1 atom stereocenters. The lowest BCUT2D eigenvalue weighted by atomic mass is 9.85. The van der Waals surface area contributed by atoms with Crippen LogP contribution >= 0.6 is 0 Å². The summed E-state index contributed by atoms with van der Waals surface area (Å²) in [7, 11) is 0. The molecule has 0 aromatic heterocycles. The molecule has 1 unspecified atom stereocenters. The fourth-order valence-electron chi connectivity index (χ4n) is 2.49. The maximum atomic E-state index is 3.64. The Balaban J connectivity index is 1.95. The molecule has 0 amide bonds. The van der Waals surface area contributed by atoms with E-state index in [2.05, 4.69) is 62.2 Å². The van der Waals surface area contributed by atoms with Gasteiger partial charge >= 0.3 is 0 Å². The maximum Gasteiger partial charge on any atom is 0.0244 e. The van der Waals surface area contributed by atoms with Gasteiger partial charge in [-0.25, -0.2) is 0 Å². The van der Waals surface area contributed by atoms with Gasteiger partial charge in [0, 0.05) is 32.2 Å². The zero-order chi connectivity index (χ0) is 13.2. The van der Waals surface area contributed by atoms with E-state index in [1.807, 2.05) is 0 Å². The molecule has 0 aliphatic carbocycles. The number of rotatable bonds is 2. The van der Waals surface area contributed by atoms with Gasteiger partial charge in [0.05, 0.1) is 0 Å². The molecule has 1 aromatic carbocycles. The van der Waals surface area contributed by atoms with Crippen LogP contribution in [0.5, 0.6) is 0 Å². The summed E-state index contributed by atoms with van der Waals surface area (Å²) in [6.07, 6.45) is 0. The number of benzene rings is 1. The first-order valence-electron chi connectivity index (χ1n) is 6.96. The molecule has 0 radical (unpaired) electrons. The summed E-state index contributed by atoms with van der Waals surface area (Å²) in [6, 6.07) is 9.52. The zero-order valence-corrected chi connectivity index (χ0v) is 12.2. The standard InChI is InChI=1S/C16H26N2/c1-13-5-7-14(8-6-13)11-18-10-9-17-15(12-18)16(2,3)4/h5-8,15,17H,9-12H2,1-4H3. The van der Waals surface area contributed by atoms with Crippen LogP contribution in [0.25, 0.3) is 0 Å². The molecule has 2 heteroatoms. The Bertz CT molecular complexity index is 375. The van der Waals surface area contributed by atoms with Crippen molar-refractivity contribution in [1.82, 2.24) is 10.2 Å². The topological polar surface area (TPSA) is 15.3 Å². The monoisotopic (exact) mass is 246 g/mol. The van der Waals surface area contributed by atoms with Crippen molar-refractivity contribution in [1.29, 1.82) is 0 Å². The van der Waals surface area contributed by atoms with Gasteiger partial charge in [0.25, 0.3) is 0 Å². The second kappa shape index (κ2) is 5.41. The molecular weight excluding hydrogens is 220 g/mol. The second-order valence-corrected chi connectivity index (χ2v) is 6.59. The second-order valence-electron chi connectivity index (χ2n) is 6.59. The SMILES string of the molecule is Cc1ccc(CN2CCNC(C(C)(C)C)C2)cc1. The van der Waals surface area contributed by atoms with Crippen molar-refractivity contribution in [2.75, 3.05) is 19.6 Å². The summed E-state index contributed by atoms with van der Waals surface area (Å²) < 4.78 is 0. The summed E-state index contributed by atoms with van der Waals surface area (Å²) >= 11 is 0. The van der Waals surface area contributed by atoms with Crippen molar-refractivity contribution in [3.05, 3.63) is 35.4 Å².